The Labute approximate surface area is 96.1 Å². The van der Waals surface area contributed by atoms with E-state index in [9.17, 15) is 0 Å². The quantitative estimate of drug-likeness (QED) is 0.671. The Bertz CT molecular complexity index is 378. The molecule has 0 radical (unpaired) electrons. The van der Waals surface area contributed by atoms with Crippen molar-refractivity contribution in [3.8, 4) is 0 Å². The van der Waals surface area contributed by atoms with Gasteiger partial charge in [-0.15, -0.1) is 0 Å². The van der Waals surface area contributed by atoms with Crippen molar-refractivity contribution in [3.63, 3.8) is 0 Å². The van der Waals surface area contributed by atoms with E-state index in [1.165, 1.54) is 15.3 Å². The molecule has 2 rings (SSSR count). The van der Waals surface area contributed by atoms with E-state index < -0.39 is 0 Å². The summed E-state index contributed by atoms with van der Waals surface area (Å²) < 4.78 is 1.49. The molecule has 2 aliphatic carbocycles. The Hall–Kier alpha value is -0.417. The van der Waals surface area contributed by atoms with Crippen LogP contribution in [-0.4, -0.2) is 0 Å². The molecule has 14 heavy (non-hydrogen) atoms. The van der Waals surface area contributed by atoms with Crippen molar-refractivity contribution in [1.82, 2.24) is 0 Å². The number of allylic oxidation sites excluding steroid dienone is 8. The van der Waals surface area contributed by atoms with Gasteiger partial charge >= 0.3 is 96.1 Å². The summed E-state index contributed by atoms with van der Waals surface area (Å²) in [6.45, 7) is 4.47. The monoisotopic (exact) mass is 273 g/mol. The third-order valence-electron chi connectivity index (χ3n) is 2.97. The van der Waals surface area contributed by atoms with Crippen LogP contribution in [0.2, 0.25) is 0 Å². The van der Waals surface area contributed by atoms with Gasteiger partial charge < -0.3 is 0 Å². The SMILES string of the molecule is CCC1=[C]([Ru])CC=C1C1=C(C)C=CC1. The van der Waals surface area contributed by atoms with Crippen LogP contribution >= 0.6 is 0 Å². The van der Waals surface area contributed by atoms with Crippen molar-refractivity contribution in [2.75, 3.05) is 0 Å². The normalized spacial score (nSPS) is 21.2. The first-order valence-corrected chi connectivity index (χ1v) is 6.04. The zero-order valence-electron chi connectivity index (χ0n) is 8.71. The van der Waals surface area contributed by atoms with Crippen LogP contribution < -0.4 is 0 Å². The number of rotatable bonds is 2. The molecular weight excluding hydrogens is 257 g/mol. The summed E-state index contributed by atoms with van der Waals surface area (Å²) in [5, 5.41) is 0. The Kier molecular flexibility index (Phi) is 2.88. The Balaban J connectivity index is 2.34. The zero-order valence-corrected chi connectivity index (χ0v) is 10.4. The third-order valence-corrected chi connectivity index (χ3v) is 3.85. The van der Waals surface area contributed by atoms with E-state index in [0.717, 1.165) is 19.3 Å². The second-order valence-electron chi connectivity index (χ2n) is 3.81. The standard InChI is InChI=1S/C13H15.Ru/c1-3-11-7-5-9-13(11)12-8-4-6-10(12)2;/h4,6,9H,3,5,8H2,1-2H3;. The maximum atomic E-state index is 2.78. The molecule has 0 aromatic carbocycles. The first kappa shape index (κ1) is 10.1. The van der Waals surface area contributed by atoms with Crippen LogP contribution in [0.5, 0.6) is 0 Å². The summed E-state index contributed by atoms with van der Waals surface area (Å²) in [5.74, 6) is 0. The maximum absolute atomic E-state index is 2.78. The summed E-state index contributed by atoms with van der Waals surface area (Å²) in [5.41, 5.74) is 6.06. The molecule has 0 aromatic heterocycles. The summed E-state index contributed by atoms with van der Waals surface area (Å²) >= 11 is 2.78. The third kappa shape index (κ3) is 1.59. The van der Waals surface area contributed by atoms with E-state index in [4.69, 9.17) is 0 Å². The van der Waals surface area contributed by atoms with Gasteiger partial charge in [-0.1, -0.05) is 0 Å². The summed E-state index contributed by atoms with van der Waals surface area (Å²) in [7, 11) is 0. The van der Waals surface area contributed by atoms with Crippen molar-refractivity contribution >= 4 is 0 Å². The number of hydrogen-bond donors (Lipinski definition) is 0. The van der Waals surface area contributed by atoms with E-state index >= 15 is 0 Å². The fourth-order valence-corrected chi connectivity index (χ4v) is 2.92. The molecule has 0 atom stereocenters. The van der Waals surface area contributed by atoms with Crippen molar-refractivity contribution in [1.29, 1.82) is 0 Å². The average Bonchev–Trinajstić information content (AvgIpc) is 2.71. The second kappa shape index (κ2) is 3.99. The molecule has 0 unspecified atom stereocenters. The molecule has 0 heterocycles. The van der Waals surface area contributed by atoms with Gasteiger partial charge in [-0.2, -0.15) is 0 Å². The zero-order chi connectivity index (χ0) is 10.1. The topological polar surface area (TPSA) is 0 Å². The van der Waals surface area contributed by atoms with Crippen LogP contribution in [0.25, 0.3) is 0 Å². The van der Waals surface area contributed by atoms with Gasteiger partial charge in [-0.25, -0.2) is 0 Å². The minimum atomic E-state index is 1.13. The van der Waals surface area contributed by atoms with Crippen LogP contribution in [0.15, 0.2) is 44.7 Å². The van der Waals surface area contributed by atoms with Crippen molar-refractivity contribution in [2.24, 2.45) is 0 Å². The van der Waals surface area contributed by atoms with Gasteiger partial charge in [0.25, 0.3) is 0 Å². The molecule has 0 saturated heterocycles. The fourth-order valence-electron chi connectivity index (χ4n) is 2.20. The van der Waals surface area contributed by atoms with E-state index in [0.29, 0.717) is 0 Å². The molecule has 75 valence electrons. The Morgan fingerprint density at radius 3 is 2.71 bits per heavy atom. The van der Waals surface area contributed by atoms with Gasteiger partial charge in [0.15, 0.2) is 0 Å². The number of hydrogen-bond acceptors (Lipinski definition) is 0. The molecule has 0 amide bonds. The van der Waals surface area contributed by atoms with Crippen LogP contribution in [-0.2, 0) is 18.3 Å². The molecular formula is C13H15Ru. The van der Waals surface area contributed by atoms with Crippen LogP contribution in [0, 0.1) is 0 Å². The first-order chi connectivity index (χ1) is 6.74. The molecule has 0 nitrogen and oxygen atoms in total. The van der Waals surface area contributed by atoms with Gasteiger partial charge in [-0.05, 0) is 0 Å². The fraction of sp³-hybridized carbons (Fsp3) is 0.385. The van der Waals surface area contributed by atoms with E-state index in [1.807, 2.05) is 0 Å². The van der Waals surface area contributed by atoms with Gasteiger partial charge in [0.05, 0.1) is 0 Å². The molecule has 0 bridgehead atoms. The molecule has 1 heteroatoms. The van der Waals surface area contributed by atoms with E-state index in [1.54, 1.807) is 11.1 Å². The van der Waals surface area contributed by atoms with E-state index in [2.05, 4.69) is 50.4 Å². The van der Waals surface area contributed by atoms with E-state index in [-0.39, 0.29) is 0 Å². The molecule has 2 aliphatic rings. The van der Waals surface area contributed by atoms with Gasteiger partial charge in [-0.3, -0.25) is 0 Å². The Morgan fingerprint density at radius 1 is 1.36 bits per heavy atom. The molecule has 0 aliphatic heterocycles. The summed E-state index contributed by atoms with van der Waals surface area (Å²) in [6, 6.07) is 0. The van der Waals surface area contributed by atoms with Crippen molar-refractivity contribution in [3.05, 3.63) is 44.7 Å². The molecule has 0 aromatic rings. The van der Waals surface area contributed by atoms with Crippen molar-refractivity contribution in [2.45, 2.75) is 33.1 Å². The van der Waals surface area contributed by atoms with Crippen LogP contribution in [0.4, 0.5) is 0 Å². The molecule has 0 saturated carbocycles. The summed E-state index contributed by atoms with van der Waals surface area (Å²) in [6.07, 6.45) is 10.3. The average molecular weight is 272 g/mol. The molecule has 0 spiro atoms. The molecule has 0 N–H and O–H groups in total. The second-order valence-corrected chi connectivity index (χ2v) is 4.86. The van der Waals surface area contributed by atoms with Gasteiger partial charge in [0.2, 0.25) is 0 Å². The minimum absolute atomic E-state index is 1.13. The van der Waals surface area contributed by atoms with Crippen LogP contribution in [0.1, 0.15) is 33.1 Å². The first-order valence-electron chi connectivity index (χ1n) is 5.17. The predicted octanol–water partition coefficient (Wildman–Crippen LogP) is 3.80. The van der Waals surface area contributed by atoms with Gasteiger partial charge in [0.1, 0.15) is 0 Å². The van der Waals surface area contributed by atoms with Gasteiger partial charge in [0, 0.05) is 0 Å². The predicted molar refractivity (Wildman–Crippen MR) is 56.5 cm³/mol. The van der Waals surface area contributed by atoms with Crippen molar-refractivity contribution < 1.29 is 18.3 Å². The Morgan fingerprint density at radius 2 is 2.14 bits per heavy atom. The molecule has 0 fully saturated rings. The summed E-state index contributed by atoms with van der Waals surface area (Å²) in [4.78, 5) is 0. The van der Waals surface area contributed by atoms with Crippen LogP contribution in [0.3, 0.4) is 0 Å².